The van der Waals surface area contributed by atoms with Gasteiger partial charge in [-0.25, -0.2) is 0 Å². The molecule has 0 spiro atoms. The van der Waals surface area contributed by atoms with Crippen LogP contribution in [0.4, 0.5) is 0 Å². The minimum absolute atomic E-state index is 0.0314. The van der Waals surface area contributed by atoms with Crippen LogP contribution in [0, 0.1) is 12.8 Å². The smallest absolute Gasteiger partial charge is 0.312 e. The van der Waals surface area contributed by atoms with E-state index in [0.717, 1.165) is 18.4 Å². The van der Waals surface area contributed by atoms with Gasteiger partial charge in [-0.3, -0.25) is 9.69 Å². The first-order chi connectivity index (χ1) is 14.4. The van der Waals surface area contributed by atoms with E-state index in [1.54, 1.807) is 12.1 Å². The summed E-state index contributed by atoms with van der Waals surface area (Å²) >= 11 is 0. The lowest BCUT2D eigenvalue weighted by Crippen LogP contribution is -2.53. The van der Waals surface area contributed by atoms with Gasteiger partial charge in [-0.1, -0.05) is 31.0 Å². The fourth-order valence-corrected chi connectivity index (χ4v) is 5.16. The van der Waals surface area contributed by atoms with Gasteiger partial charge in [0.25, 0.3) is 0 Å². The van der Waals surface area contributed by atoms with E-state index in [9.17, 15) is 13.2 Å². The molecule has 0 radical (unpaired) electrons. The Bertz CT molecular complexity index is 814. The minimum atomic E-state index is -3.85. The highest BCUT2D eigenvalue weighted by atomic mass is 32.2. The maximum Gasteiger partial charge on any atom is 0.312 e. The number of nitrogens with zero attached hydrogens (tertiary/aromatic N) is 1. The molecular formula is C23H39N3O4S. The van der Waals surface area contributed by atoms with E-state index < -0.39 is 15.7 Å². The molecule has 3 atom stereocenters. The third-order valence-electron chi connectivity index (χ3n) is 5.95. The number of rotatable bonds is 10. The van der Waals surface area contributed by atoms with E-state index in [2.05, 4.69) is 29.5 Å². The summed E-state index contributed by atoms with van der Waals surface area (Å²) in [4.78, 5) is 15.1. The second-order valence-electron chi connectivity index (χ2n) is 9.74. The summed E-state index contributed by atoms with van der Waals surface area (Å²) in [7, 11) is -3.85. The highest BCUT2D eigenvalue weighted by Crippen LogP contribution is 2.22. The van der Waals surface area contributed by atoms with Crippen molar-refractivity contribution in [2.75, 3.05) is 13.1 Å². The fourth-order valence-electron chi connectivity index (χ4n) is 4.37. The van der Waals surface area contributed by atoms with Gasteiger partial charge in [0.15, 0.2) is 0 Å². The quantitative estimate of drug-likeness (QED) is 0.528. The molecule has 7 nitrogen and oxygen atoms in total. The van der Waals surface area contributed by atoms with E-state index >= 15 is 0 Å². The maximum atomic E-state index is 12.7. The van der Waals surface area contributed by atoms with E-state index in [1.807, 2.05) is 27.7 Å². The van der Waals surface area contributed by atoms with Crippen LogP contribution in [0.1, 0.15) is 65.9 Å². The van der Waals surface area contributed by atoms with Gasteiger partial charge in [-0.15, -0.1) is 0 Å². The van der Waals surface area contributed by atoms with Crippen molar-refractivity contribution < 1.29 is 17.5 Å². The topological polar surface area (TPSA) is 87.7 Å². The molecule has 2 N–H and O–H groups in total. The van der Waals surface area contributed by atoms with Gasteiger partial charge in [0.1, 0.15) is 0 Å². The molecular weight excluding hydrogens is 414 g/mol. The van der Waals surface area contributed by atoms with Crippen molar-refractivity contribution in [3.63, 3.8) is 0 Å². The SMILES string of the molecule is Cc1ccc(S(=O)(=O)ONCC(C)CC(C)(C)NC(=O)CN2C(C)CCCC2C)cc1. The normalized spacial score (nSPS) is 21.6. The second kappa shape index (κ2) is 10.9. The number of carbonyl (C=O) groups excluding carboxylic acids is 1. The van der Waals surface area contributed by atoms with Crippen LogP contribution in [-0.4, -0.2) is 49.9 Å². The average molecular weight is 454 g/mol. The van der Waals surface area contributed by atoms with Gasteiger partial charge in [0.05, 0.1) is 11.4 Å². The molecule has 1 aliphatic rings. The third kappa shape index (κ3) is 8.18. The van der Waals surface area contributed by atoms with Crippen molar-refractivity contribution in [3.8, 4) is 0 Å². The summed E-state index contributed by atoms with van der Waals surface area (Å²) < 4.78 is 29.5. The Kier molecular flexibility index (Phi) is 9.06. The second-order valence-corrected chi connectivity index (χ2v) is 11.3. The van der Waals surface area contributed by atoms with Gasteiger partial charge in [-0.05, 0) is 71.9 Å². The van der Waals surface area contributed by atoms with Crippen LogP contribution in [0.2, 0.25) is 0 Å². The number of nitrogens with one attached hydrogen (secondary N) is 2. The van der Waals surface area contributed by atoms with E-state index in [-0.39, 0.29) is 16.7 Å². The summed E-state index contributed by atoms with van der Waals surface area (Å²) in [6.45, 7) is 13.0. The number of hydroxylamine groups is 1. The van der Waals surface area contributed by atoms with E-state index in [4.69, 9.17) is 4.28 Å². The number of aryl methyl sites for hydroxylation is 1. The number of carbonyl (C=O) groups is 1. The zero-order chi connectivity index (χ0) is 23.2. The molecule has 1 fully saturated rings. The van der Waals surface area contributed by atoms with Crippen LogP contribution in [0.25, 0.3) is 0 Å². The molecule has 1 heterocycles. The molecule has 1 amide bonds. The largest absolute Gasteiger partial charge is 0.350 e. The first kappa shape index (κ1) is 25.8. The van der Waals surface area contributed by atoms with Crippen molar-refractivity contribution in [1.29, 1.82) is 0 Å². The third-order valence-corrected chi connectivity index (χ3v) is 7.14. The molecule has 1 saturated heterocycles. The Labute approximate surface area is 188 Å². The van der Waals surface area contributed by atoms with Crippen LogP contribution in [-0.2, 0) is 19.2 Å². The molecule has 8 heteroatoms. The van der Waals surface area contributed by atoms with Crippen LogP contribution >= 0.6 is 0 Å². The number of amides is 1. The Morgan fingerprint density at radius 3 is 2.35 bits per heavy atom. The Morgan fingerprint density at radius 1 is 1.19 bits per heavy atom. The van der Waals surface area contributed by atoms with Crippen molar-refractivity contribution in [2.24, 2.45) is 5.92 Å². The molecule has 176 valence electrons. The predicted octanol–water partition coefficient (Wildman–Crippen LogP) is 3.39. The highest BCUT2D eigenvalue weighted by Gasteiger charge is 2.29. The maximum absolute atomic E-state index is 12.7. The number of benzene rings is 1. The molecule has 31 heavy (non-hydrogen) atoms. The Hall–Kier alpha value is -1.48. The van der Waals surface area contributed by atoms with Gasteiger partial charge in [-0.2, -0.15) is 18.2 Å². The zero-order valence-corrected chi connectivity index (χ0v) is 20.6. The molecule has 0 bridgehead atoms. The summed E-state index contributed by atoms with van der Waals surface area (Å²) in [5, 5.41) is 3.15. The molecule has 1 aromatic carbocycles. The van der Waals surface area contributed by atoms with Gasteiger partial charge < -0.3 is 5.32 Å². The zero-order valence-electron chi connectivity index (χ0n) is 19.8. The predicted molar refractivity (Wildman–Crippen MR) is 123 cm³/mol. The molecule has 0 aromatic heterocycles. The van der Waals surface area contributed by atoms with Gasteiger partial charge in [0.2, 0.25) is 5.91 Å². The number of piperidine rings is 1. The lowest BCUT2D eigenvalue weighted by Gasteiger charge is -2.39. The Morgan fingerprint density at radius 2 is 1.77 bits per heavy atom. The summed E-state index contributed by atoms with van der Waals surface area (Å²) in [6, 6.07) is 7.36. The van der Waals surface area contributed by atoms with Crippen molar-refractivity contribution in [3.05, 3.63) is 29.8 Å². The van der Waals surface area contributed by atoms with Crippen LogP contribution in [0.5, 0.6) is 0 Å². The fraction of sp³-hybridized carbons (Fsp3) is 0.696. The summed E-state index contributed by atoms with van der Waals surface area (Å²) in [5.74, 6) is 0.125. The van der Waals surface area contributed by atoms with Crippen molar-refractivity contribution in [2.45, 2.75) is 89.7 Å². The highest BCUT2D eigenvalue weighted by molar-refractivity contribution is 7.86. The molecule has 2 rings (SSSR count). The molecule has 0 saturated carbocycles. The Balaban J connectivity index is 1.78. The number of hydrogen-bond acceptors (Lipinski definition) is 6. The lowest BCUT2D eigenvalue weighted by molar-refractivity contribution is -0.125. The summed E-state index contributed by atoms with van der Waals surface area (Å²) in [5.41, 5.74) is 3.16. The monoisotopic (exact) mass is 453 g/mol. The van der Waals surface area contributed by atoms with Gasteiger partial charge >= 0.3 is 10.1 Å². The van der Waals surface area contributed by atoms with Crippen LogP contribution < -0.4 is 10.8 Å². The number of hydrogen-bond donors (Lipinski definition) is 2. The van der Waals surface area contributed by atoms with Crippen molar-refractivity contribution >= 4 is 16.0 Å². The number of likely N-dealkylation sites (tertiary alicyclic amines) is 1. The molecule has 1 aromatic rings. The van der Waals surface area contributed by atoms with Crippen molar-refractivity contribution in [1.82, 2.24) is 15.7 Å². The average Bonchev–Trinajstić information content (AvgIpc) is 2.64. The molecule has 0 aliphatic carbocycles. The standard InChI is InChI=1S/C23H39N3O4S/c1-17-10-12-21(13-11-17)31(28,29)30-24-15-18(2)14-23(5,6)25-22(27)16-26-19(3)8-7-9-20(26)4/h10-13,18-20,24H,7-9,14-16H2,1-6H3,(H,25,27). The minimum Gasteiger partial charge on any atom is -0.350 e. The van der Waals surface area contributed by atoms with Crippen LogP contribution in [0.15, 0.2) is 29.2 Å². The summed E-state index contributed by atoms with van der Waals surface area (Å²) in [6.07, 6.45) is 4.17. The van der Waals surface area contributed by atoms with E-state index in [1.165, 1.54) is 18.6 Å². The molecule has 1 aliphatic heterocycles. The molecule has 3 unspecified atom stereocenters. The lowest BCUT2D eigenvalue weighted by atomic mass is 9.91. The first-order valence-electron chi connectivity index (χ1n) is 11.2. The van der Waals surface area contributed by atoms with E-state index in [0.29, 0.717) is 31.6 Å². The first-order valence-corrected chi connectivity index (χ1v) is 12.6. The van der Waals surface area contributed by atoms with Crippen LogP contribution in [0.3, 0.4) is 0 Å². The van der Waals surface area contributed by atoms with Gasteiger partial charge in [0, 0.05) is 24.2 Å².